The number of hydrogen-bond acceptors (Lipinski definition) is 0. The molecule has 0 radical (unpaired) electrons. The van der Waals surface area contributed by atoms with Crippen molar-refractivity contribution >= 4 is 15.9 Å². The summed E-state index contributed by atoms with van der Waals surface area (Å²) < 4.78 is 0. The van der Waals surface area contributed by atoms with Crippen molar-refractivity contribution in [2.24, 2.45) is 5.92 Å². The summed E-state index contributed by atoms with van der Waals surface area (Å²) in [6.07, 6.45) is 0. The van der Waals surface area contributed by atoms with E-state index in [-0.39, 0.29) is 0 Å². The van der Waals surface area contributed by atoms with Gasteiger partial charge in [0.05, 0.1) is 0 Å². The molecule has 0 aromatic heterocycles. The second-order valence-electron chi connectivity index (χ2n) is 1.45. The third kappa shape index (κ3) is 3.88. The van der Waals surface area contributed by atoms with Crippen LogP contribution < -0.4 is 0 Å². The second-order valence-corrected chi connectivity index (χ2v) is 2.10. The van der Waals surface area contributed by atoms with Gasteiger partial charge in [-0.2, -0.15) is 0 Å². The van der Waals surface area contributed by atoms with E-state index in [9.17, 15) is 0 Å². The molecule has 0 saturated heterocycles. The van der Waals surface area contributed by atoms with Crippen LogP contribution in [0.3, 0.4) is 0 Å². The fourth-order valence-corrected chi connectivity index (χ4v) is 0.447. The van der Waals surface area contributed by atoms with Gasteiger partial charge in [0.25, 0.3) is 0 Å². The van der Waals surface area contributed by atoms with Crippen molar-refractivity contribution in [3.8, 4) is 11.8 Å². The summed E-state index contributed by atoms with van der Waals surface area (Å²) in [5.74, 6) is 6.34. The first-order valence-corrected chi connectivity index (χ1v) is 3.41. The monoisotopic (exact) mass is 160 g/mol. The minimum Gasteiger partial charge on any atom is -0.106 e. The van der Waals surface area contributed by atoms with Crippen LogP contribution in [-0.2, 0) is 0 Å². The van der Waals surface area contributed by atoms with Gasteiger partial charge in [0.2, 0.25) is 0 Å². The number of hydrogen-bond donors (Lipinski definition) is 0. The lowest BCUT2D eigenvalue weighted by Gasteiger charge is -1.90. The highest BCUT2D eigenvalue weighted by Crippen LogP contribution is 1.95. The third-order valence-corrected chi connectivity index (χ3v) is 1.59. The first kappa shape index (κ1) is 7.04. The van der Waals surface area contributed by atoms with Crippen LogP contribution in [-0.4, -0.2) is 5.33 Å². The van der Waals surface area contributed by atoms with Crippen LogP contribution in [0.15, 0.2) is 0 Å². The van der Waals surface area contributed by atoms with E-state index in [4.69, 9.17) is 0 Å². The van der Waals surface area contributed by atoms with Crippen LogP contribution in [0.4, 0.5) is 0 Å². The van der Waals surface area contributed by atoms with Crippen molar-refractivity contribution in [3.63, 3.8) is 0 Å². The largest absolute Gasteiger partial charge is 0.106 e. The smallest absolute Gasteiger partial charge is 0.0271 e. The van der Waals surface area contributed by atoms with Crippen LogP contribution in [0.2, 0.25) is 0 Å². The first-order valence-electron chi connectivity index (χ1n) is 2.29. The lowest BCUT2D eigenvalue weighted by Crippen LogP contribution is -1.87. The molecule has 0 amide bonds. The zero-order valence-electron chi connectivity index (χ0n) is 4.66. The molecule has 0 aliphatic carbocycles. The average Bonchev–Trinajstić information content (AvgIpc) is 1.68. The lowest BCUT2D eigenvalue weighted by molar-refractivity contribution is 0.890. The van der Waals surface area contributed by atoms with E-state index in [1.807, 2.05) is 6.92 Å². The molecule has 0 fully saturated rings. The normalized spacial score (nSPS) is 11.9. The van der Waals surface area contributed by atoms with E-state index >= 15 is 0 Å². The molecule has 1 unspecified atom stereocenters. The molecule has 0 saturated carbocycles. The molecule has 0 aromatic rings. The summed E-state index contributed by atoms with van der Waals surface area (Å²) in [4.78, 5) is 0. The Labute approximate surface area is 53.4 Å². The van der Waals surface area contributed by atoms with Crippen LogP contribution in [0.5, 0.6) is 0 Å². The zero-order valence-corrected chi connectivity index (χ0v) is 6.25. The Morgan fingerprint density at radius 2 is 2.29 bits per heavy atom. The molecule has 0 heterocycles. The maximum atomic E-state index is 3.31. The molecule has 0 N–H and O–H groups in total. The standard InChI is InChI=1S/C6H9Br/c1-3-4-6(2)5-7/h6H,5H2,1-2H3. The zero-order chi connectivity index (χ0) is 5.70. The fourth-order valence-electron chi connectivity index (χ4n) is 0.285. The number of halogens is 1. The van der Waals surface area contributed by atoms with Gasteiger partial charge >= 0.3 is 0 Å². The van der Waals surface area contributed by atoms with E-state index in [0.29, 0.717) is 5.92 Å². The van der Waals surface area contributed by atoms with Crippen molar-refractivity contribution in [1.29, 1.82) is 0 Å². The molecule has 0 rings (SSSR count). The van der Waals surface area contributed by atoms with Gasteiger partial charge < -0.3 is 0 Å². The van der Waals surface area contributed by atoms with E-state index in [1.165, 1.54) is 0 Å². The van der Waals surface area contributed by atoms with Gasteiger partial charge in [-0.1, -0.05) is 28.8 Å². The Morgan fingerprint density at radius 1 is 1.71 bits per heavy atom. The molecule has 1 heteroatoms. The highest BCUT2D eigenvalue weighted by atomic mass is 79.9. The van der Waals surface area contributed by atoms with E-state index < -0.39 is 0 Å². The van der Waals surface area contributed by atoms with Crippen molar-refractivity contribution in [1.82, 2.24) is 0 Å². The lowest BCUT2D eigenvalue weighted by atomic mass is 10.2. The molecular formula is C6H9Br. The molecule has 0 aliphatic heterocycles. The summed E-state index contributed by atoms with van der Waals surface area (Å²) in [5.41, 5.74) is 0. The minimum atomic E-state index is 0.505. The molecule has 1 atom stereocenters. The highest BCUT2D eigenvalue weighted by molar-refractivity contribution is 9.09. The Bertz CT molecular complexity index is 86.1. The van der Waals surface area contributed by atoms with Crippen molar-refractivity contribution in [3.05, 3.63) is 0 Å². The summed E-state index contributed by atoms with van der Waals surface area (Å²) in [5, 5.41) is 0.980. The SMILES string of the molecule is CC#CC(C)CBr. The summed E-state index contributed by atoms with van der Waals surface area (Å²) in [6, 6.07) is 0. The summed E-state index contributed by atoms with van der Waals surface area (Å²) >= 11 is 3.31. The first-order chi connectivity index (χ1) is 3.31. The maximum Gasteiger partial charge on any atom is 0.0271 e. The Kier molecular flexibility index (Phi) is 4.23. The molecule has 0 nitrogen and oxygen atoms in total. The Hall–Kier alpha value is 0.0400. The van der Waals surface area contributed by atoms with Crippen LogP contribution in [0.25, 0.3) is 0 Å². The molecule has 0 aromatic carbocycles. The van der Waals surface area contributed by atoms with Crippen molar-refractivity contribution in [2.75, 3.05) is 5.33 Å². The van der Waals surface area contributed by atoms with Crippen LogP contribution in [0, 0.1) is 17.8 Å². The molecule has 0 bridgehead atoms. The molecule has 0 spiro atoms. The number of alkyl halides is 1. The Morgan fingerprint density at radius 3 is 2.43 bits per heavy atom. The third-order valence-electron chi connectivity index (χ3n) is 0.622. The number of rotatable bonds is 1. The van der Waals surface area contributed by atoms with Gasteiger partial charge in [-0.25, -0.2) is 0 Å². The van der Waals surface area contributed by atoms with Gasteiger partial charge in [0.15, 0.2) is 0 Å². The van der Waals surface area contributed by atoms with Gasteiger partial charge in [0, 0.05) is 11.2 Å². The quantitative estimate of drug-likeness (QED) is 0.407. The van der Waals surface area contributed by atoms with Gasteiger partial charge in [-0.15, -0.1) is 5.92 Å². The average molecular weight is 161 g/mol. The van der Waals surface area contributed by atoms with Crippen molar-refractivity contribution < 1.29 is 0 Å². The van der Waals surface area contributed by atoms with E-state index in [0.717, 1.165) is 5.33 Å². The maximum absolute atomic E-state index is 3.31. The highest BCUT2D eigenvalue weighted by Gasteiger charge is 1.87. The molecule has 40 valence electrons. The van der Waals surface area contributed by atoms with E-state index in [2.05, 4.69) is 34.7 Å². The van der Waals surface area contributed by atoms with Crippen LogP contribution in [0.1, 0.15) is 13.8 Å². The van der Waals surface area contributed by atoms with Crippen LogP contribution >= 0.6 is 15.9 Å². The second kappa shape index (κ2) is 4.21. The summed E-state index contributed by atoms with van der Waals surface area (Å²) in [7, 11) is 0. The summed E-state index contributed by atoms with van der Waals surface area (Å²) in [6.45, 7) is 3.95. The Balaban J connectivity index is 3.29. The van der Waals surface area contributed by atoms with Crippen molar-refractivity contribution in [2.45, 2.75) is 13.8 Å². The minimum absolute atomic E-state index is 0.505. The van der Waals surface area contributed by atoms with Gasteiger partial charge in [0.1, 0.15) is 0 Å². The fraction of sp³-hybridized carbons (Fsp3) is 0.667. The predicted octanol–water partition coefficient (Wildman–Crippen LogP) is 2.04. The van der Waals surface area contributed by atoms with Gasteiger partial charge in [-0.3, -0.25) is 0 Å². The topological polar surface area (TPSA) is 0 Å². The molecule has 0 aliphatic rings. The predicted molar refractivity (Wildman–Crippen MR) is 36.4 cm³/mol. The molecular weight excluding hydrogens is 152 g/mol. The van der Waals surface area contributed by atoms with E-state index in [1.54, 1.807) is 0 Å². The van der Waals surface area contributed by atoms with Gasteiger partial charge in [-0.05, 0) is 6.92 Å². The molecule has 7 heavy (non-hydrogen) atoms.